The number of halogens is 2. The normalized spacial score (nSPS) is 19.3. The van der Waals surface area contributed by atoms with E-state index in [9.17, 15) is 8.78 Å². The van der Waals surface area contributed by atoms with Crippen LogP contribution in [-0.2, 0) is 10.3 Å². The van der Waals surface area contributed by atoms with Crippen LogP contribution in [0.3, 0.4) is 0 Å². The molecule has 0 aromatic heterocycles. The summed E-state index contributed by atoms with van der Waals surface area (Å²) < 4.78 is 33.9. The van der Waals surface area contributed by atoms with E-state index >= 15 is 0 Å². The van der Waals surface area contributed by atoms with E-state index < -0.39 is 12.2 Å². The molecule has 1 heterocycles. The van der Waals surface area contributed by atoms with Crippen molar-refractivity contribution in [3.05, 3.63) is 29.8 Å². The summed E-state index contributed by atoms with van der Waals surface area (Å²) in [5, 5.41) is 0. The Kier molecular flexibility index (Phi) is 3.59. The third-order valence-electron chi connectivity index (χ3n) is 3.02. The largest absolute Gasteiger partial charge is 0.435 e. The molecule has 0 radical (unpaired) electrons. The Morgan fingerprint density at radius 3 is 2.65 bits per heavy atom. The summed E-state index contributed by atoms with van der Waals surface area (Å²) in [6.07, 6.45) is 1.37. The van der Waals surface area contributed by atoms with Crippen LogP contribution in [0.1, 0.15) is 18.4 Å². The highest BCUT2D eigenvalue weighted by atomic mass is 19.3. The summed E-state index contributed by atoms with van der Waals surface area (Å²) in [6.45, 7) is -1.62. The Balaban J connectivity index is 2.19. The predicted octanol–water partition coefficient (Wildman–Crippen LogP) is 2.25. The molecule has 1 saturated heterocycles. The first-order valence-electron chi connectivity index (χ1n) is 5.52. The molecule has 0 amide bonds. The summed E-state index contributed by atoms with van der Waals surface area (Å²) in [5.41, 5.74) is 6.58. The minimum Gasteiger partial charge on any atom is -0.435 e. The van der Waals surface area contributed by atoms with Crippen molar-refractivity contribution < 1.29 is 18.3 Å². The van der Waals surface area contributed by atoms with Crippen molar-refractivity contribution in [1.82, 2.24) is 0 Å². The first kappa shape index (κ1) is 12.3. The predicted molar refractivity (Wildman–Crippen MR) is 59.0 cm³/mol. The summed E-state index contributed by atoms with van der Waals surface area (Å²) in [4.78, 5) is 0. The maximum absolute atomic E-state index is 12.1. The molecule has 2 rings (SSSR count). The first-order valence-corrected chi connectivity index (χ1v) is 5.52. The molecule has 17 heavy (non-hydrogen) atoms. The standard InChI is InChI=1S/C12H15F2NO2/c13-11(14)17-10-3-1-2-9(8-10)12(15)4-6-16-7-5-12/h1-3,8,11H,4-7,15H2. The average molecular weight is 243 g/mol. The molecule has 2 N–H and O–H groups in total. The monoisotopic (exact) mass is 243 g/mol. The average Bonchev–Trinajstić information content (AvgIpc) is 2.29. The van der Waals surface area contributed by atoms with Crippen molar-refractivity contribution in [2.24, 2.45) is 5.73 Å². The van der Waals surface area contributed by atoms with Gasteiger partial charge in [-0.05, 0) is 30.5 Å². The lowest BCUT2D eigenvalue weighted by molar-refractivity contribution is -0.0500. The number of nitrogens with two attached hydrogens (primary N) is 1. The van der Waals surface area contributed by atoms with Crippen LogP contribution in [0.4, 0.5) is 8.78 Å². The number of alkyl halides is 2. The molecule has 1 aliphatic rings. The molecule has 1 aliphatic heterocycles. The lowest BCUT2D eigenvalue weighted by Gasteiger charge is -2.34. The fourth-order valence-corrected chi connectivity index (χ4v) is 2.01. The summed E-state index contributed by atoms with van der Waals surface area (Å²) in [6, 6.07) is 6.59. The zero-order chi connectivity index (χ0) is 12.3. The topological polar surface area (TPSA) is 44.5 Å². The molecule has 1 aromatic rings. The quantitative estimate of drug-likeness (QED) is 0.885. The van der Waals surface area contributed by atoms with E-state index in [1.165, 1.54) is 6.07 Å². The Bertz CT molecular complexity index is 379. The van der Waals surface area contributed by atoms with Crippen LogP contribution >= 0.6 is 0 Å². The third-order valence-corrected chi connectivity index (χ3v) is 3.02. The second kappa shape index (κ2) is 4.98. The van der Waals surface area contributed by atoms with Gasteiger partial charge in [0.1, 0.15) is 5.75 Å². The molecule has 0 bridgehead atoms. The second-order valence-electron chi connectivity index (χ2n) is 4.17. The molecule has 0 aliphatic carbocycles. The fourth-order valence-electron chi connectivity index (χ4n) is 2.01. The van der Waals surface area contributed by atoms with Crippen molar-refractivity contribution in [2.75, 3.05) is 13.2 Å². The first-order chi connectivity index (χ1) is 8.10. The molecule has 0 unspecified atom stereocenters. The van der Waals surface area contributed by atoms with E-state index in [2.05, 4.69) is 4.74 Å². The Morgan fingerprint density at radius 1 is 1.29 bits per heavy atom. The van der Waals surface area contributed by atoms with E-state index in [1.54, 1.807) is 12.1 Å². The highest BCUT2D eigenvalue weighted by Gasteiger charge is 2.30. The van der Waals surface area contributed by atoms with E-state index in [4.69, 9.17) is 10.5 Å². The second-order valence-corrected chi connectivity index (χ2v) is 4.17. The van der Waals surface area contributed by atoms with Crippen molar-refractivity contribution in [3.8, 4) is 5.75 Å². The molecule has 1 aromatic carbocycles. The van der Waals surface area contributed by atoms with Crippen LogP contribution in [0.5, 0.6) is 5.75 Å². The highest BCUT2D eigenvalue weighted by Crippen LogP contribution is 2.31. The van der Waals surface area contributed by atoms with Crippen molar-refractivity contribution in [1.29, 1.82) is 0 Å². The van der Waals surface area contributed by atoms with E-state index in [0.29, 0.717) is 26.1 Å². The maximum Gasteiger partial charge on any atom is 0.387 e. The molecular weight excluding hydrogens is 228 g/mol. The van der Waals surface area contributed by atoms with Crippen LogP contribution in [0.25, 0.3) is 0 Å². The molecular formula is C12H15F2NO2. The van der Waals surface area contributed by atoms with Gasteiger partial charge in [0.15, 0.2) is 0 Å². The van der Waals surface area contributed by atoms with Gasteiger partial charge in [0.25, 0.3) is 0 Å². The molecule has 5 heteroatoms. The zero-order valence-corrected chi connectivity index (χ0v) is 9.36. The Morgan fingerprint density at radius 2 is 2.00 bits per heavy atom. The summed E-state index contributed by atoms with van der Waals surface area (Å²) in [7, 11) is 0. The molecule has 94 valence electrons. The van der Waals surface area contributed by atoms with Gasteiger partial charge < -0.3 is 15.2 Å². The van der Waals surface area contributed by atoms with Gasteiger partial charge in [-0.2, -0.15) is 8.78 Å². The van der Waals surface area contributed by atoms with Gasteiger partial charge in [0, 0.05) is 18.8 Å². The fraction of sp³-hybridized carbons (Fsp3) is 0.500. The van der Waals surface area contributed by atoms with Gasteiger partial charge in [-0.15, -0.1) is 0 Å². The van der Waals surface area contributed by atoms with Gasteiger partial charge in [0.2, 0.25) is 0 Å². The molecule has 0 saturated carbocycles. The summed E-state index contributed by atoms with van der Waals surface area (Å²) >= 11 is 0. The molecule has 1 fully saturated rings. The minimum atomic E-state index is -2.81. The number of ether oxygens (including phenoxy) is 2. The number of hydrogen-bond acceptors (Lipinski definition) is 3. The van der Waals surface area contributed by atoms with Gasteiger partial charge in [0.05, 0.1) is 0 Å². The highest BCUT2D eigenvalue weighted by molar-refractivity contribution is 5.33. The third kappa shape index (κ3) is 2.92. The number of rotatable bonds is 3. The number of hydrogen-bond donors (Lipinski definition) is 1. The van der Waals surface area contributed by atoms with E-state index in [-0.39, 0.29) is 5.75 Å². The maximum atomic E-state index is 12.1. The van der Waals surface area contributed by atoms with Crippen molar-refractivity contribution in [2.45, 2.75) is 25.0 Å². The van der Waals surface area contributed by atoms with Gasteiger partial charge >= 0.3 is 6.61 Å². The van der Waals surface area contributed by atoms with E-state index in [0.717, 1.165) is 5.56 Å². The van der Waals surface area contributed by atoms with Gasteiger partial charge in [-0.1, -0.05) is 12.1 Å². The van der Waals surface area contributed by atoms with Crippen LogP contribution in [0.15, 0.2) is 24.3 Å². The van der Waals surface area contributed by atoms with Crippen molar-refractivity contribution >= 4 is 0 Å². The molecule has 0 spiro atoms. The Hall–Kier alpha value is -1.20. The molecule has 3 nitrogen and oxygen atoms in total. The van der Waals surface area contributed by atoms with E-state index in [1.807, 2.05) is 6.07 Å². The van der Waals surface area contributed by atoms with Crippen LogP contribution in [0.2, 0.25) is 0 Å². The van der Waals surface area contributed by atoms with Gasteiger partial charge in [-0.25, -0.2) is 0 Å². The smallest absolute Gasteiger partial charge is 0.387 e. The summed E-state index contributed by atoms with van der Waals surface area (Å²) in [5.74, 6) is 0.147. The van der Waals surface area contributed by atoms with Crippen molar-refractivity contribution in [3.63, 3.8) is 0 Å². The van der Waals surface area contributed by atoms with Crippen LogP contribution in [-0.4, -0.2) is 19.8 Å². The number of benzene rings is 1. The van der Waals surface area contributed by atoms with Crippen LogP contribution in [0, 0.1) is 0 Å². The minimum absolute atomic E-state index is 0.147. The zero-order valence-electron chi connectivity index (χ0n) is 9.36. The molecule has 0 atom stereocenters. The SMILES string of the molecule is NC1(c2cccc(OC(F)F)c2)CCOCC1. The Labute approximate surface area is 98.5 Å². The lowest BCUT2D eigenvalue weighted by atomic mass is 9.84. The van der Waals surface area contributed by atoms with Gasteiger partial charge in [-0.3, -0.25) is 0 Å². The van der Waals surface area contributed by atoms with Crippen LogP contribution < -0.4 is 10.5 Å². The lowest BCUT2D eigenvalue weighted by Crippen LogP contribution is -2.42.